The van der Waals surface area contributed by atoms with Gasteiger partial charge in [0.2, 0.25) is 0 Å². The Morgan fingerprint density at radius 3 is 2.12 bits per heavy atom. The number of hydrogen-bond donors (Lipinski definition) is 1. The van der Waals surface area contributed by atoms with Crippen LogP contribution in [0.4, 0.5) is 0 Å². The molecule has 4 nitrogen and oxygen atoms in total. The summed E-state index contributed by atoms with van der Waals surface area (Å²) in [5, 5.41) is 3.09. The van der Waals surface area contributed by atoms with E-state index in [0.29, 0.717) is 12.2 Å². The standard InChI is InChI=1S/C20H25NO3/c1-4-18(15-9-7-6-8-10-15)21-20(22)19(5-2)24-17-13-11-16(23-3)12-14-17/h6-14,18-19H,4-5H2,1-3H3,(H,21,22). The predicted molar refractivity (Wildman–Crippen MR) is 95.3 cm³/mol. The fourth-order valence-electron chi connectivity index (χ4n) is 2.51. The highest BCUT2D eigenvalue weighted by Gasteiger charge is 2.21. The van der Waals surface area contributed by atoms with Crippen LogP contribution in [0.15, 0.2) is 54.6 Å². The van der Waals surface area contributed by atoms with Gasteiger partial charge >= 0.3 is 0 Å². The van der Waals surface area contributed by atoms with E-state index in [1.54, 1.807) is 7.11 Å². The first-order valence-electron chi connectivity index (χ1n) is 8.34. The van der Waals surface area contributed by atoms with E-state index in [1.807, 2.05) is 61.5 Å². The molecule has 0 aliphatic heterocycles. The van der Waals surface area contributed by atoms with Crippen molar-refractivity contribution in [2.45, 2.75) is 38.8 Å². The van der Waals surface area contributed by atoms with Gasteiger partial charge in [-0.15, -0.1) is 0 Å². The second-order valence-electron chi connectivity index (χ2n) is 5.57. The van der Waals surface area contributed by atoms with Crippen LogP contribution in [0.5, 0.6) is 11.5 Å². The summed E-state index contributed by atoms with van der Waals surface area (Å²) in [4.78, 5) is 12.6. The minimum absolute atomic E-state index is 0.00721. The summed E-state index contributed by atoms with van der Waals surface area (Å²) < 4.78 is 11.0. The average Bonchev–Trinajstić information content (AvgIpc) is 2.65. The van der Waals surface area contributed by atoms with Crippen LogP contribution < -0.4 is 14.8 Å². The lowest BCUT2D eigenvalue weighted by molar-refractivity contribution is -0.128. The minimum Gasteiger partial charge on any atom is -0.497 e. The second-order valence-corrected chi connectivity index (χ2v) is 5.57. The van der Waals surface area contributed by atoms with Crippen molar-refractivity contribution < 1.29 is 14.3 Å². The molecule has 0 heterocycles. The van der Waals surface area contributed by atoms with Crippen LogP contribution in [0.25, 0.3) is 0 Å². The fraction of sp³-hybridized carbons (Fsp3) is 0.350. The zero-order chi connectivity index (χ0) is 17.4. The molecule has 24 heavy (non-hydrogen) atoms. The van der Waals surface area contributed by atoms with Gasteiger partial charge in [0.15, 0.2) is 6.10 Å². The summed E-state index contributed by atoms with van der Waals surface area (Å²) in [5.74, 6) is 1.32. The van der Waals surface area contributed by atoms with Crippen molar-refractivity contribution in [1.29, 1.82) is 0 Å². The molecule has 2 rings (SSSR count). The maximum Gasteiger partial charge on any atom is 0.261 e. The van der Waals surface area contributed by atoms with Gasteiger partial charge in [0.05, 0.1) is 13.2 Å². The summed E-state index contributed by atoms with van der Waals surface area (Å²) in [7, 11) is 1.62. The Morgan fingerprint density at radius 2 is 1.58 bits per heavy atom. The summed E-state index contributed by atoms with van der Waals surface area (Å²) >= 11 is 0. The van der Waals surface area contributed by atoms with Crippen molar-refractivity contribution in [2.75, 3.05) is 7.11 Å². The number of amides is 1. The third kappa shape index (κ3) is 4.75. The van der Waals surface area contributed by atoms with Crippen molar-refractivity contribution in [3.05, 3.63) is 60.2 Å². The van der Waals surface area contributed by atoms with E-state index in [1.165, 1.54) is 0 Å². The largest absolute Gasteiger partial charge is 0.497 e. The quantitative estimate of drug-likeness (QED) is 0.793. The van der Waals surface area contributed by atoms with E-state index in [-0.39, 0.29) is 11.9 Å². The van der Waals surface area contributed by atoms with Crippen molar-refractivity contribution in [1.82, 2.24) is 5.32 Å². The molecule has 0 radical (unpaired) electrons. The maximum absolute atomic E-state index is 12.6. The van der Waals surface area contributed by atoms with Gasteiger partial charge in [0, 0.05) is 0 Å². The molecule has 2 aromatic rings. The molecule has 0 spiro atoms. The number of nitrogens with one attached hydrogen (secondary N) is 1. The van der Waals surface area contributed by atoms with Gasteiger partial charge < -0.3 is 14.8 Å². The van der Waals surface area contributed by atoms with E-state index >= 15 is 0 Å². The molecular weight excluding hydrogens is 302 g/mol. The zero-order valence-electron chi connectivity index (χ0n) is 14.5. The number of rotatable bonds is 8. The Bertz CT molecular complexity index is 625. The van der Waals surface area contributed by atoms with E-state index in [4.69, 9.17) is 9.47 Å². The molecule has 128 valence electrons. The van der Waals surface area contributed by atoms with Gasteiger partial charge in [-0.1, -0.05) is 44.2 Å². The zero-order valence-corrected chi connectivity index (χ0v) is 14.5. The molecular formula is C20H25NO3. The van der Waals surface area contributed by atoms with Crippen LogP contribution in [-0.2, 0) is 4.79 Å². The highest BCUT2D eigenvalue weighted by Crippen LogP contribution is 2.20. The fourth-order valence-corrected chi connectivity index (χ4v) is 2.51. The number of hydrogen-bond acceptors (Lipinski definition) is 3. The lowest BCUT2D eigenvalue weighted by Gasteiger charge is -2.22. The summed E-state index contributed by atoms with van der Waals surface area (Å²) in [6.45, 7) is 4.00. The van der Waals surface area contributed by atoms with Crippen LogP contribution in [0.3, 0.4) is 0 Å². The number of methoxy groups -OCH3 is 1. The van der Waals surface area contributed by atoms with E-state index in [0.717, 1.165) is 17.7 Å². The number of benzene rings is 2. The summed E-state index contributed by atoms with van der Waals surface area (Å²) in [6, 6.07) is 17.2. The normalized spacial score (nSPS) is 13.0. The molecule has 0 saturated heterocycles. The van der Waals surface area contributed by atoms with Crippen molar-refractivity contribution >= 4 is 5.91 Å². The van der Waals surface area contributed by atoms with Gasteiger partial charge in [-0.25, -0.2) is 0 Å². The van der Waals surface area contributed by atoms with Crippen LogP contribution in [-0.4, -0.2) is 19.1 Å². The first-order valence-corrected chi connectivity index (χ1v) is 8.34. The Hall–Kier alpha value is -2.49. The monoisotopic (exact) mass is 327 g/mol. The summed E-state index contributed by atoms with van der Waals surface area (Å²) in [5.41, 5.74) is 1.10. The van der Waals surface area contributed by atoms with Crippen LogP contribution in [0.2, 0.25) is 0 Å². The van der Waals surface area contributed by atoms with Gasteiger partial charge in [-0.3, -0.25) is 4.79 Å². The van der Waals surface area contributed by atoms with E-state index in [9.17, 15) is 4.79 Å². The Balaban J connectivity index is 2.01. The summed E-state index contributed by atoms with van der Waals surface area (Å²) in [6.07, 6.45) is 0.911. The smallest absolute Gasteiger partial charge is 0.261 e. The molecule has 0 aliphatic carbocycles. The van der Waals surface area contributed by atoms with Crippen molar-refractivity contribution in [3.63, 3.8) is 0 Å². The molecule has 1 amide bonds. The molecule has 2 unspecified atom stereocenters. The average molecular weight is 327 g/mol. The Morgan fingerprint density at radius 1 is 0.958 bits per heavy atom. The van der Waals surface area contributed by atoms with E-state index < -0.39 is 6.10 Å². The van der Waals surface area contributed by atoms with Crippen LogP contribution in [0.1, 0.15) is 38.3 Å². The molecule has 0 saturated carbocycles. The number of carbonyl (C=O) groups is 1. The van der Waals surface area contributed by atoms with Crippen molar-refractivity contribution in [3.8, 4) is 11.5 Å². The SMILES string of the molecule is CCC(Oc1ccc(OC)cc1)C(=O)NC(CC)c1ccccc1. The van der Waals surface area contributed by atoms with Gasteiger partial charge in [-0.05, 0) is 42.7 Å². The van der Waals surface area contributed by atoms with Gasteiger partial charge in [0.1, 0.15) is 11.5 Å². The topological polar surface area (TPSA) is 47.6 Å². The third-order valence-corrected chi connectivity index (χ3v) is 3.93. The predicted octanol–water partition coefficient (Wildman–Crippen LogP) is 4.12. The van der Waals surface area contributed by atoms with Crippen LogP contribution in [0, 0.1) is 0 Å². The van der Waals surface area contributed by atoms with Crippen molar-refractivity contribution in [2.24, 2.45) is 0 Å². The minimum atomic E-state index is -0.517. The Labute approximate surface area is 143 Å². The second kappa shape index (κ2) is 8.96. The molecule has 0 aliphatic rings. The molecule has 1 N–H and O–H groups in total. The molecule has 4 heteroatoms. The Kier molecular flexibility index (Phi) is 6.67. The van der Waals surface area contributed by atoms with Crippen LogP contribution >= 0.6 is 0 Å². The molecule has 0 bridgehead atoms. The molecule has 0 fully saturated rings. The maximum atomic E-state index is 12.6. The van der Waals surface area contributed by atoms with Gasteiger partial charge in [-0.2, -0.15) is 0 Å². The molecule has 2 aromatic carbocycles. The van der Waals surface area contributed by atoms with E-state index in [2.05, 4.69) is 12.2 Å². The third-order valence-electron chi connectivity index (χ3n) is 3.93. The van der Waals surface area contributed by atoms with Gasteiger partial charge in [0.25, 0.3) is 5.91 Å². The highest BCUT2D eigenvalue weighted by molar-refractivity contribution is 5.81. The first kappa shape index (κ1) is 17.9. The molecule has 2 atom stereocenters. The first-order chi connectivity index (χ1) is 11.7. The number of carbonyl (C=O) groups excluding carboxylic acids is 1. The highest BCUT2D eigenvalue weighted by atomic mass is 16.5. The lowest BCUT2D eigenvalue weighted by Crippen LogP contribution is -2.39. The molecule has 0 aromatic heterocycles. The number of ether oxygens (including phenoxy) is 2. The lowest BCUT2D eigenvalue weighted by atomic mass is 10.0.